The lowest BCUT2D eigenvalue weighted by molar-refractivity contribution is -0.0678. The number of ether oxygens (including phenoxy) is 1. The molecule has 33 heavy (non-hydrogen) atoms. The van der Waals surface area contributed by atoms with Gasteiger partial charge in [-0.1, -0.05) is 17.2 Å². The molecule has 0 spiro atoms. The lowest BCUT2D eigenvalue weighted by atomic mass is 10.1. The van der Waals surface area contributed by atoms with Gasteiger partial charge in [-0.25, -0.2) is 4.39 Å². The third kappa shape index (κ3) is 6.15. The van der Waals surface area contributed by atoms with Crippen molar-refractivity contribution in [1.29, 1.82) is 0 Å². The van der Waals surface area contributed by atoms with Gasteiger partial charge in [0, 0.05) is 37.4 Å². The average molecular weight is 454 g/mol. The van der Waals surface area contributed by atoms with Crippen LogP contribution in [0.25, 0.3) is 11.5 Å². The number of hydrogen-bond acceptors (Lipinski definition) is 7. The smallest absolute Gasteiger partial charge is 0.315 e. The van der Waals surface area contributed by atoms with Gasteiger partial charge in [0.1, 0.15) is 5.82 Å². The first-order chi connectivity index (χ1) is 16.0. The molecule has 2 atom stereocenters. The lowest BCUT2D eigenvalue weighted by Crippen LogP contribution is -2.45. The molecule has 3 aromatic rings. The molecule has 0 saturated carbocycles. The zero-order valence-electron chi connectivity index (χ0n) is 18.8. The fourth-order valence-corrected chi connectivity index (χ4v) is 3.92. The van der Waals surface area contributed by atoms with Gasteiger partial charge in [-0.2, -0.15) is 0 Å². The molecule has 1 aliphatic rings. The van der Waals surface area contributed by atoms with E-state index in [4.69, 9.17) is 9.15 Å². The monoisotopic (exact) mass is 453 g/mol. The molecule has 0 bridgehead atoms. The van der Waals surface area contributed by atoms with Crippen LogP contribution in [0.2, 0.25) is 0 Å². The Balaban J connectivity index is 1.26. The van der Waals surface area contributed by atoms with E-state index < -0.39 is 11.7 Å². The zero-order chi connectivity index (χ0) is 23.2. The van der Waals surface area contributed by atoms with Gasteiger partial charge in [-0.3, -0.25) is 9.69 Å². The fourth-order valence-electron chi connectivity index (χ4n) is 3.92. The summed E-state index contributed by atoms with van der Waals surface area (Å²) in [4.78, 5) is 14.7. The predicted octanol–water partition coefficient (Wildman–Crippen LogP) is 4.04. The van der Waals surface area contributed by atoms with Crippen LogP contribution in [-0.2, 0) is 4.74 Å². The molecule has 174 valence electrons. The van der Waals surface area contributed by atoms with Gasteiger partial charge in [0.05, 0.1) is 17.8 Å². The normalized spacial score (nSPS) is 18.8. The maximum absolute atomic E-state index is 13.8. The van der Waals surface area contributed by atoms with E-state index >= 15 is 0 Å². The Morgan fingerprint density at radius 2 is 1.82 bits per heavy atom. The Kier molecular flexibility index (Phi) is 7.31. The number of nitrogens with one attached hydrogen (secondary N) is 2. The summed E-state index contributed by atoms with van der Waals surface area (Å²) in [7, 11) is 0. The van der Waals surface area contributed by atoms with E-state index in [1.807, 2.05) is 0 Å². The molecule has 2 aromatic carbocycles. The second kappa shape index (κ2) is 10.5. The molecule has 0 radical (unpaired) electrons. The van der Waals surface area contributed by atoms with Crippen molar-refractivity contribution in [1.82, 2.24) is 15.1 Å². The molecule has 1 aromatic heterocycles. The number of rotatable bonds is 8. The standard InChI is InChI=1S/C24H28FN5O3/c1-16-14-30(15-17(2)32-16)13-5-12-26-24-29-28-23(33-24)18-8-10-19(11-9-18)27-22(31)20-6-3-4-7-21(20)25/h3-4,6-11,16-17H,5,12-15H2,1-2H3,(H,26,29)(H,27,31)/t16-,17+. The van der Waals surface area contributed by atoms with Crippen molar-refractivity contribution in [2.45, 2.75) is 32.5 Å². The highest BCUT2D eigenvalue weighted by atomic mass is 19.1. The lowest BCUT2D eigenvalue weighted by Gasteiger charge is -2.35. The van der Waals surface area contributed by atoms with Gasteiger partial charge in [-0.05, 0) is 56.7 Å². The summed E-state index contributed by atoms with van der Waals surface area (Å²) in [5.41, 5.74) is 1.25. The molecule has 1 fully saturated rings. The van der Waals surface area contributed by atoms with Gasteiger partial charge in [0.15, 0.2) is 0 Å². The summed E-state index contributed by atoms with van der Waals surface area (Å²) in [6.45, 7) is 7.81. The highest BCUT2D eigenvalue weighted by Gasteiger charge is 2.21. The molecule has 9 heteroatoms. The van der Waals surface area contributed by atoms with E-state index in [1.54, 1.807) is 36.4 Å². The number of benzene rings is 2. The van der Waals surface area contributed by atoms with Gasteiger partial charge in [0.2, 0.25) is 5.89 Å². The molecule has 1 amide bonds. The molecule has 1 aliphatic heterocycles. The molecule has 2 heterocycles. The van der Waals surface area contributed by atoms with Crippen molar-refractivity contribution in [3.05, 3.63) is 59.9 Å². The van der Waals surface area contributed by atoms with Crippen LogP contribution in [0.3, 0.4) is 0 Å². The van der Waals surface area contributed by atoms with Crippen LogP contribution in [0.15, 0.2) is 52.9 Å². The van der Waals surface area contributed by atoms with Crippen molar-refractivity contribution >= 4 is 17.6 Å². The number of aromatic nitrogens is 2. The van der Waals surface area contributed by atoms with Gasteiger partial charge < -0.3 is 19.8 Å². The van der Waals surface area contributed by atoms with Crippen LogP contribution >= 0.6 is 0 Å². The van der Waals surface area contributed by atoms with Crippen molar-refractivity contribution in [3.63, 3.8) is 0 Å². The molecule has 1 saturated heterocycles. The maximum Gasteiger partial charge on any atom is 0.315 e. The van der Waals surface area contributed by atoms with Crippen LogP contribution < -0.4 is 10.6 Å². The van der Waals surface area contributed by atoms with E-state index in [2.05, 4.69) is 39.6 Å². The number of carbonyl (C=O) groups excluding carboxylic acids is 1. The minimum Gasteiger partial charge on any atom is -0.403 e. The van der Waals surface area contributed by atoms with Crippen molar-refractivity contribution in [2.75, 3.05) is 36.8 Å². The van der Waals surface area contributed by atoms with Crippen LogP contribution in [0.4, 0.5) is 16.1 Å². The number of halogens is 1. The van der Waals surface area contributed by atoms with Crippen LogP contribution in [-0.4, -0.2) is 59.4 Å². The van der Waals surface area contributed by atoms with Crippen molar-refractivity contribution in [2.24, 2.45) is 0 Å². The minimum atomic E-state index is -0.563. The van der Waals surface area contributed by atoms with Crippen LogP contribution in [0.1, 0.15) is 30.6 Å². The number of hydrogen-bond donors (Lipinski definition) is 2. The SMILES string of the molecule is C[C@@H]1CN(CCCNc2nnc(-c3ccc(NC(=O)c4ccccc4F)cc3)o2)C[C@H](C)O1. The Morgan fingerprint density at radius 1 is 1.09 bits per heavy atom. The first-order valence-electron chi connectivity index (χ1n) is 11.1. The van der Waals surface area contributed by atoms with Crippen molar-refractivity contribution in [3.8, 4) is 11.5 Å². The number of anilines is 2. The number of morpholine rings is 1. The van der Waals surface area contributed by atoms with E-state index in [-0.39, 0.29) is 17.8 Å². The van der Waals surface area contributed by atoms with Crippen LogP contribution in [0.5, 0.6) is 0 Å². The first-order valence-corrected chi connectivity index (χ1v) is 11.1. The summed E-state index contributed by atoms with van der Waals surface area (Å²) in [5.74, 6) is -0.696. The van der Waals surface area contributed by atoms with Gasteiger partial charge in [0.25, 0.3) is 5.91 Å². The summed E-state index contributed by atoms with van der Waals surface area (Å²) < 4.78 is 25.2. The molecule has 2 N–H and O–H groups in total. The maximum atomic E-state index is 13.8. The third-order valence-electron chi connectivity index (χ3n) is 5.36. The molecule has 4 rings (SSSR count). The minimum absolute atomic E-state index is 0.00756. The third-order valence-corrected chi connectivity index (χ3v) is 5.36. The Bertz CT molecular complexity index is 1060. The summed E-state index contributed by atoms with van der Waals surface area (Å²) in [6.07, 6.45) is 1.48. The number of carbonyl (C=O) groups is 1. The van der Waals surface area contributed by atoms with E-state index in [9.17, 15) is 9.18 Å². The highest BCUT2D eigenvalue weighted by Crippen LogP contribution is 2.22. The Hall–Kier alpha value is -3.30. The Morgan fingerprint density at radius 3 is 2.55 bits per heavy atom. The van der Waals surface area contributed by atoms with Crippen molar-refractivity contribution < 1.29 is 18.3 Å². The highest BCUT2D eigenvalue weighted by molar-refractivity contribution is 6.04. The quantitative estimate of drug-likeness (QED) is 0.497. The summed E-state index contributed by atoms with van der Waals surface area (Å²) >= 11 is 0. The summed E-state index contributed by atoms with van der Waals surface area (Å²) in [6, 6.07) is 13.1. The van der Waals surface area contributed by atoms with E-state index in [0.717, 1.165) is 38.2 Å². The molecular formula is C24H28FN5O3. The Labute approximate surface area is 192 Å². The fraction of sp³-hybridized carbons (Fsp3) is 0.375. The van der Waals surface area contributed by atoms with Crippen LogP contribution in [0, 0.1) is 5.82 Å². The number of nitrogens with zero attached hydrogens (tertiary/aromatic N) is 3. The topological polar surface area (TPSA) is 92.5 Å². The second-order valence-electron chi connectivity index (χ2n) is 8.22. The number of amides is 1. The van der Waals surface area contributed by atoms with E-state index in [0.29, 0.717) is 17.6 Å². The average Bonchev–Trinajstić information content (AvgIpc) is 3.26. The predicted molar refractivity (Wildman–Crippen MR) is 124 cm³/mol. The van der Waals surface area contributed by atoms with Gasteiger partial charge in [-0.15, -0.1) is 5.10 Å². The molecule has 0 unspecified atom stereocenters. The molecular weight excluding hydrogens is 425 g/mol. The second-order valence-corrected chi connectivity index (χ2v) is 8.22. The first kappa shape index (κ1) is 22.9. The molecule has 0 aliphatic carbocycles. The summed E-state index contributed by atoms with van der Waals surface area (Å²) in [5, 5.41) is 14.0. The van der Waals surface area contributed by atoms with Gasteiger partial charge >= 0.3 is 6.01 Å². The zero-order valence-corrected chi connectivity index (χ0v) is 18.8. The van der Waals surface area contributed by atoms with E-state index in [1.165, 1.54) is 12.1 Å². The largest absolute Gasteiger partial charge is 0.403 e. The molecule has 8 nitrogen and oxygen atoms in total.